The first kappa shape index (κ1) is 14.2. The zero-order valence-corrected chi connectivity index (χ0v) is 12.8. The van der Waals surface area contributed by atoms with Crippen molar-refractivity contribution in [2.45, 2.75) is 25.8 Å². The minimum Gasteiger partial charge on any atom is -0.384 e. The Bertz CT molecular complexity index is 665. The highest BCUT2D eigenvalue weighted by atomic mass is 32.1. The maximum Gasteiger partial charge on any atom is 0.104 e. The molecule has 1 aromatic heterocycles. The first-order valence-corrected chi connectivity index (χ1v) is 8.25. The van der Waals surface area contributed by atoms with Gasteiger partial charge in [-0.05, 0) is 37.0 Å². The van der Waals surface area contributed by atoms with Crippen molar-refractivity contribution in [2.75, 3.05) is 18.1 Å². The molecule has 3 rings (SSSR count). The van der Waals surface area contributed by atoms with Gasteiger partial charge in [0.1, 0.15) is 6.61 Å². The minimum absolute atomic E-state index is 0.0787. The topological polar surface area (TPSA) is 23.5 Å². The molecule has 0 atom stereocenters. The predicted octanol–water partition coefficient (Wildman–Crippen LogP) is 3.43. The number of thiophene rings is 1. The maximum absolute atomic E-state index is 8.76. The van der Waals surface area contributed by atoms with Gasteiger partial charge in [0.25, 0.3) is 0 Å². The van der Waals surface area contributed by atoms with E-state index in [0.29, 0.717) is 0 Å². The zero-order valence-electron chi connectivity index (χ0n) is 12.0. The van der Waals surface area contributed by atoms with Crippen molar-refractivity contribution in [3.05, 3.63) is 51.7 Å². The Labute approximate surface area is 130 Å². The number of fused-ring (bicyclic) bond motifs is 1. The zero-order chi connectivity index (χ0) is 14.5. The molecule has 0 bridgehead atoms. The Hall–Kier alpha value is -1.76. The van der Waals surface area contributed by atoms with E-state index in [4.69, 9.17) is 5.11 Å². The number of nitrogens with zero attached hydrogens (tertiary/aromatic N) is 1. The number of anilines is 1. The quantitative estimate of drug-likeness (QED) is 0.858. The highest BCUT2D eigenvalue weighted by Gasteiger charge is 2.15. The van der Waals surface area contributed by atoms with E-state index in [1.54, 1.807) is 11.3 Å². The van der Waals surface area contributed by atoms with E-state index in [9.17, 15) is 0 Å². The highest BCUT2D eigenvalue weighted by molar-refractivity contribution is 7.10. The SMILES string of the molecule is OCC#Cc1csc(CN2CCCCc3ccccc32)c1. The Balaban J connectivity index is 1.79. The fourth-order valence-electron chi connectivity index (χ4n) is 2.79. The van der Waals surface area contributed by atoms with E-state index < -0.39 is 0 Å². The molecule has 0 fully saturated rings. The van der Waals surface area contributed by atoms with Crippen LogP contribution in [-0.4, -0.2) is 18.3 Å². The van der Waals surface area contributed by atoms with Crippen LogP contribution in [0.5, 0.6) is 0 Å². The predicted molar refractivity (Wildman–Crippen MR) is 88.7 cm³/mol. The second kappa shape index (κ2) is 6.80. The molecular weight excluding hydrogens is 278 g/mol. The molecule has 2 nitrogen and oxygen atoms in total. The van der Waals surface area contributed by atoms with Crippen LogP contribution in [0.25, 0.3) is 0 Å². The summed E-state index contributed by atoms with van der Waals surface area (Å²) in [5.74, 6) is 5.68. The monoisotopic (exact) mass is 297 g/mol. The van der Waals surface area contributed by atoms with E-state index >= 15 is 0 Å². The van der Waals surface area contributed by atoms with Crippen LogP contribution in [0.3, 0.4) is 0 Å². The average molecular weight is 297 g/mol. The van der Waals surface area contributed by atoms with Gasteiger partial charge < -0.3 is 10.0 Å². The van der Waals surface area contributed by atoms with Gasteiger partial charge in [0.05, 0.1) is 6.54 Å². The molecule has 3 heteroatoms. The van der Waals surface area contributed by atoms with Crippen molar-refractivity contribution in [3.63, 3.8) is 0 Å². The van der Waals surface area contributed by atoms with Crippen molar-refractivity contribution < 1.29 is 5.11 Å². The number of para-hydroxylation sites is 1. The van der Waals surface area contributed by atoms with Gasteiger partial charge in [-0.25, -0.2) is 0 Å². The minimum atomic E-state index is -0.0787. The first-order chi connectivity index (χ1) is 10.4. The summed E-state index contributed by atoms with van der Waals surface area (Å²) >= 11 is 1.75. The maximum atomic E-state index is 8.76. The van der Waals surface area contributed by atoms with E-state index in [-0.39, 0.29) is 6.61 Å². The van der Waals surface area contributed by atoms with Crippen LogP contribution in [0.1, 0.15) is 28.8 Å². The van der Waals surface area contributed by atoms with Gasteiger partial charge >= 0.3 is 0 Å². The number of hydrogen-bond acceptors (Lipinski definition) is 3. The lowest BCUT2D eigenvalue weighted by Crippen LogP contribution is -2.22. The molecule has 0 radical (unpaired) electrons. The largest absolute Gasteiger partial charge is 0.384 e. The molecular formula is C18H19NOS. The second-order valence-electron chi connectivity index (χ2n) is 5.27. The highest BCUT2D eigenvalue weighted by Crippen LogP contribution is 2.28. The number of benzene rings is 1. The molecule has 0 amide bonds. The Morgan fingerprint density at radius 1 is 1.24 bits per heavy atom. The number of rotatable bonds is 2. The molecule has 1 aliphatic heterocycles. The standard InChI is InChI=1S/C18H19NOS/c20-11-5-6-15-12-17(21-14-15)13-19-10-4-3-8-16-7-1-2-9-18(16)19/h1-2,7,9,12,14,20H,3-4,8,10-11,13H2. The van der Waals surface area contributed by atoms with Gasteiger partial charge in [-0.1, -0.05) is 30.0 Å². The Morgan fingerprint density at radius 3 is 3.05 bits per heavy atom. The fraction of sp³-hybridized carbons (Fsp3) is 0.333. The van der Waals surface area contributed by atoms with Crippen molar-refractivity contribution >= 4 is 17.0 Å². The molecule has 2 aromatic rings. The van der Waals surface area contributed by atoms with Crippen LogP contribution in [0, 0.1) is 11.8 Å². The van der Waals surface area contributed by atoms with Crippen LogP contribution in [0.2, 0.25) is 0 Å². The summed E-state index contributed by atoms with van der Waals surface area (Å²) in [5, 5.41) is 10.8. The van der Waals surface area contributed by atoms with Crippen molar-refractivity contribution in [1.82, 2.24) is 0 Å². The summed E-state index contributed by atoms with van der Waals surface area (Å²) < 4.78 is 0. The molecule has 21 heavy (non-hydrogen) atoms. The second-order valence-corrected chi connectivity index (χ2v) is 6.26. The third kappa shape index (κ3) is 3.47. The van der Waals surface area contributed by atoms with Crippen LogP contribution < -0.4 is 4.90 Å². The molecule has 0 spiro atoms. The Morgan fingerprint density at radius 2 is 2.14 bits per heavy atom. The van der Waals surface area contributed by atoms with Gasteiger partial charge in [0.2, 0.25) is 0 Å². The smallest absolute Gasteiger partial charge is 0.104 e. The summed E-state index contributed by atoms with van der Waals surface area (Å²) in [7, 11) is 0. The van der Waals surface area contributed by atoms with Gasteiger partial charge in [-0.15, -0.1) is 11.3 Å². The lowest BCUT2D eigenvalue weighted by atomic mass is 10.1. The van der Waals surface area contributed by atoms with Crippen LogP contribution in [0.15, 0.2) is 35.7 Å². The molecule has 1 aliphatic rings. The Kier molecular flexibility index (Phi) is 4.59. The van der Waals surface area contributed by atoms with Crippen LogP contribution in [-0.2, 0) is 13.0 Å². The molecule has 0 unspecified atom stereocenters. The van der Waals surface area contributed by atoms with Gasteiger partial charge in [0.15, 0.2) is 0 Å². The number of aliphatic hydroxyl groups is 1. The molecule has 0 saturated carbocycles. The average Bonchev–Trinajstić information content (AvgIpc) is 2.86. The van der Waals surface area contributed by atoms with Crippen LogP contribution in [0.4, 0.5) is 5.69 Å². The van der Waals surface area contributed by atoms with Gasteiger partial charge in [-0.2, -0.15) is 0 Å². The number of hydrogen-bond donors (Lipinski definition) is 1. The summed E-state index contributed by atoms with van der Waals surface area (Å²) in [6, 6.07) is 10.9. The first-order valence-electron chi connectivity index (χ1n) is 7.37. The third-order valence-corrected chi connectivity index (χ3v) is 4.69. The number of aliphatic hydroxyl groups excluding tert-OH is 1. The lowest BCUT2D eigenvalue weighted by Gasteiger charge is -2.24. The molecule has 108 valence electrons. The van der Waals surface area contributed by atoms with Gasteiger partial charge in [-0.3, -0.25) is 0 Å². The molecule has 1 N–H and O–H groups in total. The summed E-state index contributed by atoms with van der Waals surface area (Å²) in [6.07, 6.45) is 3.70. The molecule has 0 saturated heterocycles. The van der Waals surface area contributed by atoms with E-state index in [0.717, 1.165) is 18.7 Å². The van der Waals surface area contributed by atoms with Crippen LogP contribution >= 0.6 is 11.3 Å². The summed E-state index contributed by atoms with van der Waals surface area (Å²) in [4.78, 5) is 3.81. The normalized spacial score (nSPS) is 14.0. The third-order valence-electron chi connectivity index (χ3n) is 3.77. The number of aryl methyl sites for hydroxylation is 1. The fourth-order valence-corrected chi connectivity index (χ4v) is 3.62. The van der Waals surface area contributed by atoms with E-state index in [1.807, 2.05) is 0 Å². The summed E-state index contributed by atoms with van der Waals surface area (Å²) in [5.41, 5.74) is 3.85. The van der Waals surface area contributed by atoms with Crippen molar-refractivity contribution in [1.29, 1.82) is 0 Å². The van der Waals surface area contributed by atoms with Crippen molar-refractivity contribution in [2.24, 2.45) is 0 Å². The summed E-state index contributed by atoms with van der Waals surface area (Å²) in [6.45, 7) is 1.99. The molecule has 2 heterocycles. The van der Waals surface area contributed by atoms with Crippen molar-refractivity contribution in [3.8, 4) is 11.8 Å². The molecule has 0 aliphatic carbocycles. The lowest BCUT2D eigenvalue weighted by molar-refractivity contribution is 0.350. The van der Waals surface area contributed by atoms with E-state index in [2.05, 4.69) is 52.5 Å². The molecule has 1 aromatic carbocycles. The van der Waals surface area contributed by atoms with E-state index in [1.165, 1.54) is 35.4 Å². The van der Waals surface area contributed by atoms with Gasteiger partial charge in [0, 0.05) is 28.1 Å².